The summed E-state index contributed by atoms with van der Waals surface area (Å²) in [5.41, 5.74) is 4.50. The molecular weight excluding hydrogens is 462 g/mol. The van der Waals surface area contributed by atoms with Gasteiger partial charge < -0.3 is 10.1 Å². The Kier molecular flexibility index (Phi) is 8.51. The van der Waals surface area contributed by atoms with Crippen molar-refractivity contribution in [3.8, 4) is 0 Å². The van der Waals surface area contributed by atoms with E-state index in [1.54, 1.807) is 13.8 Å². The second-order valence-electron chi connectivity index (χ2n) is 8.02. The van der Waals surface area contributed by atoms with E-state index in [2.05, 4.69) is 10.0 Å². The minimum absolute atomic E-state index is 0.147. The van der Waals surface area contributed by atoms with E-state index in [1.165, 1.54) is 25.1 Å². The highest BCUT2D eigenvalue weighted by Crippen LogP contribution is 2.29. The lowest BCUT2D eigenvalue weighted by atomic mass is 9.95. The normalized spacial score (nSPS) is 11.2. The molecule has 0 unspecified atom stereocenters. The maximum absolute atomic E-state index is 12.9. The van der Waals surface area contributed by atoms with Crippen molar-refractivity contribution < 1.29 is 27.7 Å². The summed E-state index contributed by atoms with van der Waals surface area (Å²) in [6.07, 6.45) is -0.274. The Labute approximate surface area is 198 Å². The monoisotopic (exact) mass is 491 g/mol. The second kappa shape index (κ2) is 10.7. The average Bonchev–Trinajstić information content (AvgIpc) is 2.76. The van der Waals surface area contributed by atoms with E-state index in [4.69, 9.17) is 4.74 Å². The quantitative estimate of drug-likeness (QED) is 0.311. The van der Waals surface area contributed by atoms with Crippen molar-refractivity contribution in [3.05, 3.63) is 61.7 Å². The fourth-order valence-corrected chi connectivity index (χ4v) is 5.22. The van der Waals surface area contributed by atoms with E-state index in [9.17, 15) is 28.1 Å². The zero-order valence-corrected chi connectivity index (χ0v) is 20.9. The molecule has 10 nitrogen and oxygen atoms in total. The first-order chi connectivity index (χ1) is 15.8. The van der Waals surface area contributed by atoms with Crippen LogP contribution in [0.5, 0.6) is 0 Å². The van der Waals surface area contributed by atoms with E-state index >= 15 is 0 Å². The number of anilines is 1. The molecule has 0 atom stereocenters. The van der Waals surface area contributed by atoms with Gasteiger partial charge in [0, 0.05) is 12.6 Å². The molecule has 11 heteroatoms. The third-order valence-electron chi connectivity index (χ3n) is 5.96. The Morgan fingerprint density at radius 3 is 2.06 bits per heavy atom. The number of nitrogens with one attached hydrogen (secondary N) is 2. The Morgan fingerprint density at radius 1 is 0.941 bits per heavy atom. The van der Waals surface area contributed by atoms with Gasteiger partial charge in [0.25, 0.3) is 11.6 Å². The van der Waals surface area contributed by atoms with Crippen LogP contribution in [-0.2, 0) is 24.3 Å². The largest absolute Gasteiger partial charge is 0.456 e. The minimum Gasteiger partial charge on any atom is -0.456 e. The number of carbonyl (C=O) groups excluding carboxylic acids is 2. The van der Waals surface area contributed by atoms with Crippen LogP contribution < -0.4 is 10.0 Å². The molecule has 0 saturated carbocycles. The van der Waals surface area contributed by atoms with Crippen LogP contribution >= 0.6 is 0 Å². The van der Waals surface area contributed by atoms with Gasteiger partial charge in [-0.3, -0.25) is 19.7 Å². The first-order valence-corrected chi connectivity index (χ1v) is 12.0. The number of hydrogen-bond donors (Lipinski definition) is 2. The number of hydrogen-bond acceptors (Lipinski definition) is 7. The molecule has 0 fully saturated rings. The van der Waals surface area contributed by atoms with Crippen molar-refractivity contribution in [1.82, 2.24) is 4.72 Å². The molecule has 0 heterocycles. The first-order valence-electron chi connectivity index (χ1n) is 10.5. The molecule has 184 valence electrons. The van der Waals surface area contributed by atoms with Crippen molar-refractivity contribution in [2.45, 2.75) is 52.9 Å². The van der Waals surface area contributed by atoms with Gasteiger partial charge >= 0.3 is 5.97 Å². The Balaban J connectivity index is 1.93. The summed E-state index contributed by atoms with van der Waals surface area (Å²) >= 11 is 0. The molecule has 0 aromatic heterocycles. The Hall–Kier alpha value is -3.31. The van der Waals surface area contributed by atoms with Crippen molar-refractivity contribution in [1.29, 1.82) is 0 Å². The van der Waals surface area contributed by atoms with Crippen LogP contribution in [0.4, 0.5) is 11.4 Å². The summed E-state index contributed by atoms with van der Waals surface area (Å²) in [5, 5.41) is 13.5. The summed E-state index contributed by atoms with van der Waals surface area (Å²) in [6, 6.07) is 4.24. The van der Waals surface area contributed by atoms with Crippen LogP contribution in [0, 0.1) is 51.7 Å². The molecule has 0 aliphatic carbocycles. The smallest absolute Gasteiger partial charge is 0.307 e. The van der Waals surface area contributed by atoms with Gasteiger partial charge in [0.2, 0.25) is 10.0 Å². The summed E-state index contributed by atoms with van der Waals surface area (Å²) < 4.78 is 33.1. The van der Waals surface area contributed by atoms with Crippen molar-refractivity contribution >= 4 is 33.3 Å². The number of benzene rings is 2. The lowest BCUT2D eigenvalue weighted by molar-refractivity contribution is -0.385. The number of esters is 1. The van der Waals surface area contributed by atoms with Crippen LogP contribution in [0.2, 0.25) is 0 Å². The third-order valence-corrected chi connectivity index (χ3v) is 7.70. The number of nitro groups is 1. The van der Waals surface area contributed by atoms with Gasteiger partial charge in [-0.25, -0.2) is 13.1 Å². The van der Waals surface area contributed by atoms with Gasteiger partial charge in [0.05, 0.1) is 27.5 Å². The third kappa shape index (κ3) is 5.97. The van der Waals surface area contributed by atoms with Crippen LogP contribution in [0.1, 0.15) is 39.8 Å². The molecular formula is C23H29N3O7S. The summed E-state index contributed by atoms with van der Waals surface area (Å²) in [7, 11) is -3.86. The van der Waals surface area contributed by atoms with E-state index < -0.39 is 33.4 Å². The lowest BCUT2D eigenvalue weighted by Crippen LogP contribution is -2.29. The minimum atomic E-state index is -3.86. The fraction of sp³-hybridized carbons (Fsp3) is 0.391. The summed E-state index contributed by atoms with van der Waals surface area (Å²) in [5.74, 6) is -1.44. The Morgan fingerprint density at radius 2 is 1.50 bits per heavy atom. The van der Waals surface area contributed by atoms with Crippen LogP contribution in [0.25, 0.3) is 0 Å². The molecule has 1 amide bonds. The van der Waals surface area contributed by atoms with Crippen molar-refractivity contribution in [2.75, 3.05) is 18.5 Å². The summed E-state index contributed by atoms with van der Waals surface area (Å²) in [6.45, 7) is 9.87. The number of nitrogens with zero attached hydrogens (tertiary/aromatic N) is 1. The first kappa shape index (κ1) is 26.9. The highest BCUT2D eigenvalue weighted by molar-refractivity contribution is 7.89. The van der Waals surface area contributed by atoms with Gasteiger partial charge in [-0.2, -0.15) is 0 Å². The second-order valence-corrected chi connectivity index (χ2v) is 9.72. The topological polar surface area (TPSA) is 145 Å². The molecule has 0 radical (unpaired) electrons. The van der Waals surface area contributed by atoms with Gasteiger partial charge in [0.1, 0.15) is 0 Å². The van der Waals surface area contributed by atoms with Crippen molar-refractivity contribution in [3.63, 3.8) is 0 Å². The van der Waals surface area contributed by atoms with Crippen LogP contribution in [0.15, 0.2) is 23.1 Å². The SMILES string of the molecule is Cc1c(NC(=O)COC(=O)CCNS(=O)(=O)c2c(C)c(C)c(C)c(C)c2C)cccc1[N+](=O)[O-]. The zero-order chi connectivity index (χ0) is 25.8. The zero-order valence-electron chi connectivity index (χ0n) is 20.1. The van der Waals surface area contributed by atoms with Crippen LogP contribution in [0.3, 0.4) is 0 Å². The average molecular weight is 492 g/mol. The standard InChI is InChI=1S/C23H29N3O7S/c1-13-14(2)16(4)23(17(5)15(13)3)34(31,32)24-11-10-22(28)33-12-21(27)25-19-8-7-9-20(18(19)6)26(29)30/h7-9,24H,10-12H2,1-6H3,(H,25,27). The van der Waals surface area contributed by atoms with Gasteiger partial charge in [0.15, 0.2) is 6.61 Å². The number of ether oxygens (including phenoxy) is 1. The van der Waals surface area contributed by atoms with E-state index in [0.717, 1.165) is 16.7 Å². The van der Waals surface area contributed by atoms with E-state index in [-0.39, 0.29) is 34.8 Å². The van der Waals surface area contributed by atoms with Crippen LogP contribution in [-0.4, -0.2) is 38.4 Å². The van der Waals surface area contributed by atoms with Gasteiger partial charge in [-0.05, 0) is 75.4 Å². The molecule has 0 aliphatic heterocycles. The van der Waals surface area contributed by atoms with Gasteiger partial charge in [-0.1, -0.05) is 6.07 Å². The number of sulfonamides is 1. The maximum atomic E-state index is 12.9. The van der Waals surface area contributed by atoms with E-state index in [0.29, 0.717) is 11.1 Å². The number of amides is 1. The lowest BCUT2D eigenvalue weighted by Gasteiger charge is -2.19. The molecule has 0 bridgehead atoms. The van der Waals surface area contributed by atoms with E-state index in [1.807, 2.05) is 20.8 Å². The molecule has 2 N–H and O–H groups in total. The number of rotatable bonds is 9. The molecule has 0 spiro atoms. The molecule has 0 saturated heterocycles. The predicted molar refractivity (Wildman–Crippen MR) is 127 cm³/mol. The summed E-state index contributed by atoms with van der Waals surface area (Å²) in [4.78, 5) is 34.7. The van der Waals surface area contributed by atoms with Crippen molar-refractivity contribution in [2.24, 2.45) is 0 Å². The fourth-order valence-electron chi connectivity index (χ4n) is 3.59. The number of carbonyl (C=O) groups is 2. The molecule has 2 rings (SSSR count). The maximum Gasteiger partial charge on any atom is 0.307 e. The number of nitro benzene ring substituents is 1. The van der Waals surface area contributed by atoms with Gasteiger partial charge in [-0.15, -0.1) is 0 Å². The predicted octanol–water partition coefficient (Wildman–Crippen LogP) is 3.30. The molecule has 34 heavy (non-hydrogen) atoms. The molecule has 2 aromatic carbocycles. The molecule has 0 aliphatic rings. The molecule has 2 aromatic rings. The Bertz CT molecular complexity index is 1220. The highest BCUT2D eigenvalue weighted by atomic mass is 32.2. The highest BCUT2D eigenvalue weighted by Gasteiger charge is 2.24.